The van der Waals surface area contributed by atoms with Crippen molar-refractivity contribution in [2.24, 2.45) is 46.3 Å². The third-order valence-electron chi connectivity index (χ3n) is 11.4. The van der Waals surface area contributed by atoms with Crippen LogP contribution in [-0.4, -0.2) is 30.5 Å². The van der Waals surface area contributed by atoms with E-state index in [9.17, 15) is 4.79 Å². The molecule has 3 unspecified atom stereocenters. The summed E-state index contributed by atoms with van der Waals surface area (Å²) in [5.74, 6) is 5.14. The smallest absolute Gasteiger partial charge is 0.407 e. The van der Waals surface area contributed by atoms with Crippen LogP contribution in [0.15, 0.2) is 11.6 Å². The zero-order chi connectivity index (χ0) is 25.9. The second kappa shape index (κ2) is 11.8. The van der Waals surface area contributed by atoms with Crippen LogP contribution in [0, 0.1) is 46.3 Å². The van der Waals surface area contributed by atoms with Crippen LogP contribution in [-0.2, 0) is 4.74 Å². The molecule has 0 aromatic rings. The van der Waals surface area contributed by atoms with Gasteiger partial charge >= 0.3 is 6.09 Å². The van der Waals surface area contributed by atoms with Crippen molar-refractivity contribution in [3.63, 3.8) is 0 Å². The Balaban J connectivity index is 1.36. The number of alkyl carbamates (subject to hydrolysis) is 1. The molecule has 4 rings (SSSR count). The van der Waals surface area contributed by atoms with Crippen molar-refractivity contribution in [1.82, 2.24) is 5.32 Å². The molecule has 3 saturated carbocycles. The summed E-state index contributed by atoms with van der Waals surface area (Å²) < 4.78 is 5.82. The first-order valence-corrected chi connectivity index (χ1v) is 15.4. The van der Waals surface area contributed by atoms with Gasteiger partial charge in [0.2, 0.25) is 0 Å². The van der Waals surface area contributed by atoms with Crippen LogP contribution in [0.25, 0.3) is 0 Å². The van der Waals surface area contributed by atoms with E-state index >= 15 is 0 Å². The van der Waals surface area contributed by atoms with E-state index < -0.39 is 0 Å². The van der Waals surface area contributed by atoms with Crippen LogP contribution in [0.1, 0.15) is 118 Å². The first kappa shape index (κ1) is 28.0. The van der Waals surface area contributed by atoms with Crippen LogP contribution >= 0.6 is 0 Å². The molecule has 0 radical (unpaired) electrons. The average Bonchev–Trinajstić information content (AvgIpc) is 3.19. The van der Waals surface area contributed by atoms with Crippen molar-refractivity contribution < 1.29 is 14.6 Å². The number of aliphatic hydroxyl groups excluding tert-OH is 1. The van der Waals surface area contributed by atoms with E-state index in [1.54, 1.807) is 5.57 Å². The van der Waals surface area contributed by atoms with Gasteiger partial charge in [-0.2, -0.15) is 0 Å². The lowest BCUT2D eigenvalue weighted by atomic mass is 9.47. The van der Waals surface area contributed by atoms with Crippen molar-refractivity contribution in [3.05, 3.63) is 11.6 Å². The fraction of sp³-hybridized carbons (Fsp3) is 0.906. The lowest BCUT2D eigenvalue weighted by Gasteiger charge is -2.58. The van der Waals surface area contributed by atoms with Crippen LogP contribution in [0.5, 0.6) is 0 Å². The van der Waals surface area contributed by atoms with Gasteiger partial charge in [0.05, 0.1) is 0 Å². The second-order valence-electron chi connectivity index (χ2n) is 13.9. The van der Waals surface area contributed by atoms with E-state index in [0.717, 1.165) is 67.6 Å². The molecule has 2 N–H and O–H groups in total. The standard InChI is InChI=1S/C32H55NO3/c1-22(2)9-8-10-23(3)27-13-14-28-26-12-11-24-21-25(36-30(35)33-19-6-7-20-34)15-17-31(24,4)29(26)16-18-32(27,28)5/h11,22-23,25-29,34H,6-10,12-21H2,1-5H3,(H,33,35)/t23-,25+,26?,27-,28?,29?,31+,32-/m0/s1. The number of unbranched alkanes of at least 4 members (excludes halogenated alkanes) is 1. The van der Waals surface area contributed by atoms with E-state index in [4.69, 9.17) is 9.84 Å². The summed E-state index contributed by atoms with van der Waals surface area (Å²) in [7, 11) is 0. The maximum absolute atomic E-state index is 12.3. The van der Waals surface area contributed by atoms with Gasteiger partial charge < -0.3 is 15.2 Å². The number of carbonyl (C=O) groups is 1. The summed E-state index contributed by atoms with van der Waals surface area (Å²) in [5.41, 5.74) is 2.41. The van der Waals surface area contributed by atoms with Gasteiger partial charge in [0.25, 0.3) is 0 Å². The normalized spacial score (nSPS) is 38.5. The second-order valence-corrected chi connectivity index (χ2v) is 13.9. The third-order valence-corrected chi connectivity index (χ3v) is 11.4. The Bertz CT molecular complexity index is 777. The number of ether oxygens (including phenoxy) is 1. The van der Waals surface area contributed by atoms with Gasteiger partial charge in [0.1, 0.15) is 6.10 Å². The molecule has 0 aliphatic heterocycles. The van der Waals surface area contributed by atoms with Crippen LogP contribution in [0.4, 0.5) is 4.79 Å². The summed E-state index contributed by atoms with van der Waals surface area (Å²) in [6.07, 6.45) is 18.0. The molecule has 0 spiro atoms. The summed E-state index contributed by atoms with van der Waals surface area (Å²) in [6.45, 7) is 13.3. The number of hydrogen-bond acceptors (Lipinski definition) is 3. The topological polar surface area (TPSA) is 58.6 Å². The molecule has 0 heterocycles. The Morgan fingerprint density at radius 2 is 1.86 bits per heavy atom. The highest BCUT2D eigenvalue weighted by Gasteiger charge is 2.59. The van der Waals surface area contributed by atoms with Crippen LogP contribution < -0.4 is 5.32 Å². The number of hydrogen-bond donors (Lipinski definition) is 2. The number of carbonyl (C=O) groups excluding carboxylic acids is 1. The van der Waals surface area contributed by atoms with E-state index in [2.05, 4.69) is 46.0 Å². The van der Waals surface area contributed by atoms with Gasteiger partial charge in [-0.15, -0.1) is 0 Å². The highest BCUT2D eigenvalue weighted by molar-refractivity contribution is 5.67. The third kappa shape index (κ3) is 5.69. The zero-order valence-corrected chi connectivity index (χ0v) is 24.0. The minimum absolute atomic E-state index is 0.00937. The van der Waals surface area contributed by atoms with Gasteiger partial charge in [0, 0.05) is 19.6 Å². The monoisotopic (exact) mass is 501 g/mol. The Morgan fingerprint density at radius 1 is 1.06 bits per heavy atom. The minimum atomic E-state index is -0.288. The number of rotatable bonds is 10. The molecule has 4 heteroatoms. The first-order valence-electron chi connectivity index (χ1n) is 15.4. The molecule has 0 bridgehead atoms. The molecule has 8 atom stereocenters. The SMILES string of the molecule is CC(C)CCC[C@H](C)[C@@H]1CCC2C3CC=C4C[C@H](OC(=O)NCCCCO)CC[C@@]4(C)C3CC[C@]21C. The van der Waals surface area contributed by atoms with E-state index in [-0.39, 0.29) is 18.8 Å². The summed E-state index contributed by atoms with van der Waals surface area (Å²) in [5, 5.41) is 11.8. The highest BCUT2D eigenvalue weighted by atomic mass is 16.6. The van der Waals surface area contributed by atoms with Crippen LogP contribution in [0.3, 0.4) is 0 Å². The van der Waals surface area contributed by atoms with Gasteiger partial charge in [-0.05, 0) is 104 Å². The number of aliphatic hydroxyl groups is 1. The zero-order valence-electron chi connectivity index (χ0n) is 24.0. The fourth-order valence-electron chi connectivity index (χ4n) is 9.37. The highest BCUT2D eigenvalue weighted by Crippen LogP contribution is 2.67. The van der Waals surface area contributed by atoms with Gasteiger partial charge in [-0.1, -0.05) is 65.5 Å². The Morgan fingerprint density at radius 3 is 2.61 bits per heavy atom. The predicted molar refractivity (Wildman–Crippen MR) is 148 cm³/mol. The van der Waals surface area contributed by atoms with Crippen LogP contribution in [0.2, 0.25) is 0 Å². The quantitative estimate of drug-likeness (QED) is 0.236. The van der Waals surface area contributed by atoms with Gasteiger partial charge in [-0.25, -0.2) is 4.79 Å². The molecular formula is C32H55NO3. The van der Waals surface area contributed by atoms with E-state index in [1.807, 2.05) is 0 Å². The van der Waals surface area contributed by atoms with E-state index in [0.29, 0.717) is 17.4 Å². The molecule has 0 saturated heterocycles. The molecule has 36 heavy (non-hydrogen) atoms. The summed E-state index contributed by atoms with van der Waals surface area (Å²) >= 11 is 0. The lowest BCUT2D eigenvalue weighted by Crippen LogP contribution is -2.51. The predicted octanol–water partition coefficient (Wildman–Crippen LogP) is 7.90. The molecule has 206 valence electrons. The summed E-state index contributed by atoms with van der Waals surface area (Å²) in [6, 6.07) is 0. The van der Waals surface area contributed by atoms with Gasteiger partial charge in [0.15, 0.2) is 0 Å². The molecule has 0 aromatic carbocycles. The van der Waals surface area contributed by atoms with Crippen molar-refractivity contribution in [1.29, 1.82) is 0 Å². The van der Waals surface area contributed by atoms with Crippen molar-refractivity contribution >= 4 is 6.09 Å². The van der Waals surface area contributed by atoms with Crippen molar-refractivity contribution in [2.75, 3.05) is 13.2 Å². The maximum atomic E-state index is 12.3. The maximum Gasteiger partial charge on any atom is 0.407 e. The molecule has 4 aliphatic carbocycles. The number of fused-ring (bicyclic) bond motifs is 5. The molecule has 0 aromatic heterocycles. The van der Waals surface area contributed by atoms with Crippen molar-refractivity contribution in [2.45, 2.75) is 124 Å². The Kier molecular flexibility index (Phi) is 9.16. The molecule has 4 aliphatic rings. The van der Waals surface area contributed by atoms with E-state index in [1.165, 1.54) is 51.4 Å². The Labute approximate surface area is 221 Å². The lowest BCUT2D eigenvalue weighted by molar-refractivity contribution is -0.0581. The first-order chi connectivity index (χ1) is 17.2. The molecule has 4 nitrogen and oxygen atoms in total. The Hall–Kier alpha value is -1.03. The molecule has 1 amide bonds. The number of nitrogens with one attached hydrogen (secondary N) is 1. The van der Waals surface area contributed by atoms with Crippen molar-refractivity contribution in [3.8, 4) is 0 Å². The molecular weight excluding hydrogens is 446 g/mol. The van der Waals surface area contributed by atoms with Gasteiger partial charge in [-0.3, -0.25) is 0 Å². The molecule has 3 fully saturated rings. The largest absolute Gasteiger partial charge is 0.446 e. The summed E-state index contributed by atoms with van der Waals surface area (Å²) in [4.78, 5) is 12.3. The average molecular weight is 502 g/mol. The number of allylic oxidation sites excluding steroid dienone is 1. The number of amides is 1. The fourth-order valence-corrected chi connectivity index (χ4v) is 9.37. The minimum Gasteiger partial charge on any atom is -0.446 e.